The summed E-state index contributed by atoms with van der Waals surface area (Å²) in [5.41, 5.74) is 7.15. The molecule has 0 radical (unpaired) electrons. The molecule has 0 bridgehead atoms. The van der Waals surface area contributed by atoms with Gasteiger partial charge in [-0.1, -0.05) is 18.2 Å². The number of carbonyl (C=O) groups is 1. The lowest BCUT2D eigenvalue weighted by atomic mass is 9.96. The van der Waals surface area contributed by atoms with E-state index in [0.29, 0.717) is 13.0 Å². The molecular weight excluding hydrogens is 276 g/mol. The van der Waals surface area contributed by atoms with Gasteiger partial charge in [-0.2, -0.15) is 0 Å². The molecule has 4 heteroatoms. The monoisotopic (exact) mass is 304 g/mol. The standard InChI is InChI=1S/C18H28N2O2/c1-14-8-3-4-10-17(14)22-13-7-11-18(21)20-12-6-5-9-16(20)15(2)19/h3-4,8,10,15-16H,5-7,9,11-13,19H2,1-2H3. The fourth-order valence-corrected chi connectivity index (χ4v) is 3.08. The number of hydrogen-bond donors (Lipinski definition) is 1. The Morgan fingerprint density at radius 3 is 2.91 bits per heavy atom. The summed E-state index contributed by atoms with van der Waals surface area (Å²) in [7, 11) is 0. The van der Waals surface area contributed by atoms with Crippen molar-refractivity contribution in [2.24, 2.45) is 5.73 Å². The highest BCUT2D eigenvalue weighted by atomic mass is 16.5. The summed E-state index contributed by atoms with van der Waals surface area (Å²) in [6.07, 6.45) is 4.58. The number of hydrogen-bond acceptors (Lipinski definition) is 3. The number of ether oxygens (including phenoxy) is 1. The number of likely N-dealkylation sites (tertiary alicyclic amines) is 1. The summed E-state index contributed by atoms with van der Waals surface area (Å²) in [6, 6.07) is 8.21. The number of aryl methyl sites for hydroxylation is 1. The molecule has 1 aromatic rings. The Kier molecular flexibility index (Phi) is 6.25. The van der Waals surface area contributed by atoms with Crippen LogP contribution in [0.2, 0.25) is 0 Å². The average molecular weight is 304 g/mol. The van der Waals surface area contributed by atoms with Crippen LogP contribution in [0.15, 0.2) is 24.3 Å². The highest BCUT2D eigenvalue weighted by Gasteiger charge is 2.28. The van der Waals surface area contributed by atoms with E-state index in [1.807, 2.05) is 43.0 Å². The van der Waals surface area contributed by atoms with Gasteiger partial charge in [0.15, 0.2) is 0 Å². The van der Waals surface area contributed by atoms with Crippen LogP contribution in [0.5, 0.6) is 5.75 Å². The predicted molar refractivity (Wildman–Crippen MR) is 88.9 cm³/mol. The van der Waals surface area contributed by atoms with Crippen molar-refractivity contribution >= 4 is 5.91 Å². The van der Waals surface area contributed by atoms with Crippen molar-refractivity contribution in [3.63, 3.8) is 0 Å². The van der Waals surface area contributed by atoms with Crippen molar-refractivity contribution in [3.05, 3.63) is 29.8 Å². The van der Waals surface area contributed by atoms with Gasteiger partial charge in [0, 0.05) is 25.0 Å². The summed E-state index contributed by atoms with van der Waals surface area (Å²) in [5.74, 6) is 1.12. The van der Waals surface area contributed by atoms with E-state index in [-0.39, 0.29) is 18.0 Å². The minimum Gasteiger partial charge on any atom is -0.493 e. The molecule has 1 aliphatic heterocycles. The van der Waals surface area contributed by atoms with Crippen LogP contribution in [0.25, 0.3) is 0 Å². The number of carbonyl (C=O) groups excluding carboxylic acids is 1. The second-order valence-corrected chi connectivity index (χ2v) is 6.23. The zero-order valence-electron chi connectivity index (χ0n) is 13.8. The molecule has 0 aromatic heterocycles. The number of benzene rings is 1. The summed E-state index contributed by atoms with van der Waals surface area (Å²) < 4.78 is 5.75. The molecule has 0 aliphatic carbocycles. The minimum absolute atomic E-state index is 0.0486. The van der Waals surface area contributed by atoms with Crippen molar-refractivity contribution in [2.45, 2.75) is 58.0 Å². The normalized spacial score (nSPS) is 19.8. The lowest BCUT2D eigenvalue weighted by Gasteiger charge is -2.38. The Balaban J connectivity index is 1.76. The minimum atomic E-state index is 0.0486. The van der Waals surface area contributed by atoms with Gasteiger partial charge in [0.25, 0.3) is 0 Å². The van der Waals surface area contributed by atoms with Crippen molar-refractivity contribution < 1.29 is 9.53 Å². The fourth-order valence-electron chi connectivity index (χ4n) is 3.08. The topological polar surface area (TPSA) is 55.6 Å². The number of para-hydroxylation sites is 1. The number of nitrogens with zero attached hydrogens (tertiary/aromatic N) is 1. The number of amides is 1. The molecule has 4 nitrogen and oxygen atoms in total. The summed E-state index contributed by atoms with van der Waals surface area (Å²) >= 11 is 0. The van der Waals surface area contributed by atoms with Crippen molar-refractivity contribution in [2.75, 3.05) is 13.2 Å². The molecule has 1 aromatic carbocycles. The van der Waals surface area contributed by atoms with Crippen LogP contribution in [-0.2, 0) is 4.79 Å². The zero-order valence-corrected chi connectivity index (χ0v) is 13.8. The molecule has 1 heterocycles. The maximum absolute atomic E-state index is 12.4. The Morgan fingerprint density at radius 2 is 2.18 bits per heavy atom. The van der Waals surface area contributed by atoms with Crippen LogP contribution in [0.4, 0.5) is 0 Å². The second kappa shape index (κ2) is 8.18. The SMILES string of the molecule is Cc1ccccc1OCCCC(=O)N1CCCCC1C(C)N. The van der Waals surface area contributed by atoms with Gasteiger partial charge < -0.3 is 15.4 Å². The Labute approximate surface area is 133 Å². The molecule has 1 amide bonds. The molecule has 122 valence electrons. The third-order valence-corrected chi connectivity index (χ3v) is 4.36. The highest BCUT2D eigenvalue weighted by Crippen LogP contribution is 2.21. The molecule has 2 atom stereocenters. The second-order valence-electron chi connectivity index (χ2n) is 6.23. The number of nitrogens with two attached hydrogens (primary N) is 1. The molecule has 22 heavy (non-hydrogen) atoms. The third-order valence-electron chi connectivity index (χ3n) is 4.36. The first-order valence-corrected chi connectivity index (χ1v) is 8.33. The van der Waals surface area contributed by atoms with E-state index < -0.39 is 0 Å². The quantitative estimate of drug-likeness (QED) is 0.822. The summed E-state index contributed by atoms with van der Waals surface area (Å²) in [4.78, 5) is 14.4. The van der Waals surface area contributed by atoms with Crippen LogP contribution in [-0.4, -0.2) is 36.0 Å². The van der Waals surface area contributed by atoms with E-state index in [1.54, 1.807) is 0 Å². The van der Waals surface area contributed by atoms with Gasteiger partial charge in [-0.3, -0.25) is 4.79 Å². The largest absolute Gasteiger partial charge is 0.493 e. The zero-order chi connectivity index (χ0) is 15.9. The molecular formula is C18H28N2O2. The first-order chi connectivity index (χ1) is 10.6. The van der Waals surface area contributed by atoms with Gasteiger partial charge in [-0.25, -0.2) is 0 Å². The van der Waals surface area contributed by atoms with Gasteiger partial charge in [0.05, 0.1) is 6.61 Å². The molecule has 2 unspecified atom stereocenters. The molecule has 2 rings (SSSR count). The van der Waals surface area contributed by atoms with Gasteiger partial charge in [0.2, 0.25) is 5.91 Å². The molecule has 1 saturated heterocycles. The molecule has 1 fully saturated rings. The highest BCUT2D eigenvalue weighted by molar-refractivity contribution is 5.76. The number of piperidine rings is 1. The van der Waals surface area contributed by atoms with Crippen LogP contribution in [0.1, 0.15) is 44.6 Å². The van der Waals surface area contributed by atoms with E-state index in [9.17, 15) is 4.79 Å². The maximum Gasteiger partial charge on any atom is 0.222 e. The number of rotatable bonds is 6. The van der Waals surface area contributed by atoms with Crippen molar-refractivity contribution in [1.29, 1.82) is 0 Å². The van der Waals surface area contributed by atoms with E-state index in [1.165, 1.54) is 6.42 Å². The van der Waals surface area contributed by atoms with Crippen LogP contribution < -0.4 is 10.5 Å². The van der Waals surface area contributed by atoms with Gasteiger partial charge in [-0.05, 0) is 51.2 Å². The van der Waals surface area contributed by atoms with E-state index in [2.05, 4.69) is 0 Å². The average Bonchev–Trinajstić information content (AvgIpc) is 2.52. The van der Waals surface area contributed by atoms with Crippen molar-refractivity contribution in [1.82, 2.24) is 4.90 Å². The fraction of sp³-hybridized carbons (Fsp3) is 0.611. The van der Waals surface area contributed by atoms with Crippen LogP contribution in [0.3, 0.4) is 0 Å². The summed E-state index contributed by atoms with van der Waals surface area (Å²) in [5, 5.41) is 0. The van der Waals surface area contributed by atoms with E-state index in [4.69, 9.17) is 10.5 Å². The lowest BCUT2D eigenvalue weighted by Crippen LogP contribution is -2.51. The smallest absolute Gasteiger partial charge is 0.222 e. The van der Waals surface area contributed by atoms with Crippen molar-refractivity contribution in [3.8, 4) is 5.75 Å². The Hall–Kier alpha value is -1.55. The molecule has 1 aliphatic rings. The Morgan fingerprint density at radius 1 is 1.41 bits per heavy atom. The van der Waals surface area contributed by atoms with Crippen LogP contribution >= 0.6 is 0 Å². The first kappa shape index (κ1) is 16.8. The summed E-state index contributed by atoms with van der Waals surface area (Å²) in [6.45, 7) is 5.45. The van der Waals surface area contributed by atoms with Crippen LogP contribution in [0, 0.1) is 6.92 Å². The van der Waals surface area contributed by atoms with Gasteiger partial charge >= 0.3 is 0 Å². The molecule has 0 spiro atoms. The van der Waals surface area contributed by atoms with E-state index in [0.717, 1.165) is 37.1 Å². The molecule has 2 N–H and O–H groups in total. The molecule has 0 saturated carbocycles. The first-order valence-electron chi connectivity index (χ1n) is 8.33. The lowest BCUT2D eigenvalue weighted by molar-refractivity contribution is -0.135. The van der Waals surface area contributed by atoms with E-state index >= 15 is 0 Å². The van der Waals surface area contributed by atoms with Gasteiger partial charge in [-0.15, -0.1) is 0 Å². The maximum atomic E-state index is 12.4. The third kappa shape index (κ3) is 4.47. The van der Waals surface area contributed by atoms with Gasteiger partial charge in [0.1, 0.15) is 5.75 Å². The predicted octanol–water partition coefficient (Wildman–Crippen LogP) is 2.88. The Bertz CT molecular complexity index is 488.